The van der Waals surface area contributed by atoms with Crippen molar-refractivity contribution in [1.29, 1.82) is 0 Å². The van der Waals surface area contributed by atoms with Crippen LogP contribution in [-0.2, 0) is 10.0 Å². The van der Waals surface area contributed by atoms with E-state index in [0.717, 1.165) is 38.5 Å². The summed E-state index contributed by atoms with van der Waals surface area (Å²) in [5.74, 6) is -1.14. The van der Waals surface area contributed by atoms with Crippen LogP contribution in [0.15, 0.2) is 23.1 Å². The summed E-state index contributed by atoms with van der Waals surface area (Å²) in [7, 11) is -3.79. The van der Waals surface area contributed by atoms with Gasteiger partial charge in [-0.3, -0.25) is 0 Å². The summed E-state index contributed by atoms with van der Waals surface area (Å²) < 4.78 is 28.3. The molecule has 1 aliphatic rings. The van der Waals surface area contributed by atoms with Crippen molar-refractivity contribution in [2.75, 3.05) is 5.32 Å². The van der Waals surface area contributed by atoms with Gasteiger partial charge >= 0.3 is 5.97 Å². The number of nitrogens with one attached hydrogen (secondary N) is 2. The highest BCUT2D eigenvalue weighted by molar-refractivity contribution is 7.89. The molecule has 0 heterocycles. The largest absolute Gasteiger partial charge is 0.478 e. The van der Waals surface area contributed by atoms with Crippen LogP contribution in [0.3, 0.4) is 0 Å². The smallest absolute Gasteiger partial charge is 0.335 e. The quantitative estimate of drug-likeness (QED) is 0.652. The van der Waals surface area contributed by atoms with Crippen LogP contribution in [0.5, 0.6) is 0 Å². The van der Waals surface area contributed by atoms with Gasteiger partial charge in [0.15, 0.2) is 0 Å². The van der Waals surface area contributed by atoms with Gasteiger partial charge < -0.3 is 10.4 Å². The first-order valence-electron chi connectivity index (χ1n) is 8.99. The van der Waals surface area contributed by atoms with Crippen LogP contribution in [0.25, 0.3) is 0 Å². The summed E-state index contributed by atoms with van der Waals surface area (Å²) >= 11 is 0. The van der Waals surface area contributed by atoms with E-state index in [-0.39, 0.29) is 22.5 Å². The van der Waals surface area contributed by atoms with Gasteiger partial charge in [-0.2, -0.15) is 0 Å². The molecule has 1 aromatic carbocycles. The fourth-order valence-corrected chi connectivity index (χ4v) is 4.76. The monoisotopic (exact) mass is 368 g/mol. The van der Waals surface area contributed by atoms with Crippen molar-refractivity contribution in [3.05, 3.63) is 23.8 Å². The van der Waals surface area contributed by atoms with Crippen molar-refractivity contribution in [3.63, 3.8) is 0 Å². The summed E-state index contributed by atoms with van der Waals surface area (Å²) in [6.45, 7) is 3.81. The van der Waals surface area contributed by atoms with Gasteiger partial charge in [0.2, 0.25) is 10.0 Å². The molecule has 2 rings (SSSR count). The molecule has 1 atom stereocenters. The second-order valence-electron chi connectivity index (χ2n) is 6.81. The molecule has 0 spiro atoms. The molecular formula is C18H28N2O4S. The molecule has 0 aliphatic heterocycles. The summed E-state index contributed by atoms with van der Waals surface area (Å²) in [6.07, 6.45) is 7.05. The van der Waals surface area contributed by atoms with Gasteiger partial charge in [0.25, 0.3) is 0 Å². The maximum absolute atomic E-state index is 12.8. The lowest BCUT2D eigenvalue weighted by Gasteiger charge is -2.25. The molecule has 25 heavy (non-hydrogen) atoms. The van der Waals surface area contributed by atoms with E-state index >= 15 is 0 Å². The lowest BCUT2D eigenvalue weighted by Crippen LogP contribution is -2.33. The van der Waals surface area contributed by atoms with Crippen molar-refractivity contribution in [1.82, 2.24) is 4.72 Å². The van der Waals surface area contributed by atoms with Gasteiger partial charge in [-0.25, -0.2) is 17.9 Å². The highest BCUT2D eigenvalue weighted by atomic mass is 32.2. The second kappa shape index (κ2) is 8.67. The molecule has 0 bridgehead atoms. The van der Waals surface area contributed by atoms with Crippen molar-refractivity contribution >= 4 is 21.7 Å². The molecule has 1 saturated carbocycles. The molecular weight excluding hydrogens is 340 g/mol. The Labute approximate surface area is 150 Å². The number of carbonyl (C=O) groups is 1. The van der Waals surface area contributed by atoms with E-state index in [1.165, 1.54) is 18.6 Å². The first-order valence-corrected chi connectivity index (χ1v) is 10.5. The topological polar surface area (TPSA) is 95.5 Å². The number of sulfonamides is 1. The minimum Gasteiger partial charge on any atom is -0.478 e. The second-order valence-corrected chi connectivity index (χ2v) is 8.49. The Morgan fingerprint density at radius 2 is 1.96 bits per heavy atom. The van der Waals surface area contributed by atoms with E-state index < -0.39 is 16.0 Å². The molecule has 0 radical (unpaired) electrons. The summed E-state index contributed by atoms with van der Waals surface area (Å²) in [6, 6.07) is 4.28. The molecule has 0 unspecified atom stereocenters. The lowest BCUT2D eigenvalue weighted by atomic mass is 9.95. The van der Waals surface area contributed by atoms with Gasteiger partial charge in [-0.15, -0.1) is 0 Å². The Morgan fingerprint density at radius 1 is 1.28 bits per heavy atom. The van der Waals surface area contributed by atoms with Crippen LogP contribution in [0.1, 0.15) is 69.2 Å². The average molecular weight is 368 g/mol. The highest BCUT2D eigenvalue weighted by Gasteiger charge is 2.24. The van der Waals surface area contributed by atoms with Crippen LogP contribution in [0.4, 0.5) is 5.69 Å². The molecule has 3 N–H and O–H groups in total. The number of hydrogen-bond donors (Lipinski definition) is 3. The fourth-order valence-electron chi connectivity index (χ4n) is 3.28. The molecule has 0 saturated heterocycles. The van der Waals surface area contributed by atoms with E-state index in [9.17, 15) is 18.3 Å². The maximum Gasteiger partial charge on any atom is 0.335 e. The van der Waals surface area contributed by atoms with E-state index in [2.05, 4.69) is 10.0 Å². The zero-order chi connectivity index (χ0) is 18.4. The number of aromatic carboxylic acids is 1. The molecule has 6 nitrogen and oxygen atoms in total. The zero-order valence-electron chi connectivity index (χ0n) is 14.9. The zero-order valence-corrected chi connectivity index (χ0v) is 15.7. The van der Waals surface area contributed by atoms with Gasteiger partial charge in [0.05, 0.1) is 11.3 Å². The average Bonchev–Trinajstić information content (AvgIpc) is 2.55. The number of anilines is 1. The third kappa shape index (κ3) is 5.44. The number of benzene rings is 1. The molecule has 140 valence electrons. The van der Waals surface area contributed by atoms with Gasteiger partial charge in [-0.05, 0) is 44.4 Å². The van der Waals surface area contributed by atoms with Crippen molar-refractivity contribution < 1.29 is 18.3 Å². The van der Waals surface area contributed by atoms with Gasteiger partial charge in [0, 0.05) is 12.1 Å². The Morgan fingerprint density at radius 3 is 2.56 bits per heavy atom. The maximum atomic E-state index is 12.8. The highest BCUT2D eigenvalue weighted by Crippen LogP contribution is 2.28. The first-order chi connectivity index (χ1) is 11.8. The van der Waals surface area contributed by atoms with Crippen LogP contribution < -0.4 is 10.0 Å². The SMILES string of the molecule is CCC[C@@H](C)NS(=O)(=O)c1cc(C(=O)O)ccc1NC1CCCCC1. The third-order valence-electron chi connectivity index (χ3n) is 4.56. The minimum atomic E-state index is -3.79. The number of carboxylic acid groups (broad SMARTS) is 1. The normalized spacial score (nSPS) is 17.2. The van der Waals surface area contributed by atoms with E-state index in [4.69, 9.17) is 0 Å². The van der Waals surface area contributed by atoms with Crippen LogP contribution in [0.2, 0.25) is 0 Å². The number of hydrogen-bond acceptors (Lipinski definition) is 4. The Kier molecular flexibility index (Phi) is 6.84. The molecule has 0 aromatic heterocycles. The Balaban J connectivity index is 2.33. The molecule has 0 amide bonds. The van der Waals surface area contributed by atoms with Crippen LogP contribution in [0, 0.1) is 0 Å². The van der Waals surface area contributed by atoms with E-state index in [0.29, 0.717) is 5.69 Å². The van der Waals surface area contributed by atoms with Gasteiger partial charge in [-0.1, -0.05) is 32.6 Å². The predicted molar refractivity (Wildman–Crippen MR) is 98.6 cm³/mol. The Bertz CT molecular complexity index is 697. The molecule has 1 aliphatic carbocycles. The molecule has 1 aromatic rings. The van der Waals surface area contributed by atoms with Crippen LogP contribution >= 0.6 is 0 Å². The lowest BCUT2D eigenvalue weighted by molar-refractivity contribution is 0.0696. The standard InChI is InChI=1S/C18H28N2O4S/c1-3-7-13(2)20-25(23,24)17-12-14(18(21)22)10-11-16(17)19-15-8-5-4-6-9-15/h10-13,15,19-20H,3-9H2,1-2H3,(H,21,22)/t13-/m1/s1. The van der Waals surface area contributed by atoms with Crippen molar-refractivity contribution in [2.24, 2.45) is 0 Å². The van der Waals surface area contributed by atoms with Gasteiger partial charge in [0.1, 0.15) is 4.90 Å². The molecule has 1 fully saturated rings. The fraction of sp³-hybridized carbons (Fsp3) is 0.611. The van der Waals surface area contributed by atoms with Crippen molar-refractivity contribution in [3.8, 4) is 0 Å². The summed E-state index contributed by atoms with van der Waals surface area (Å²) in [4.78, 5) is 11.3. The number of rotatable bonds is 8. The van der Waals surface area contributed by atoms with Crippen LogP contribution in [-0.4, -0.2) is 31.6 Å². The first kappa shape index (κ1) is 19.7. The predicted octanol–water partition coefficient (Wildman–Crippen LogP) is 3.60. The number of carboxylic acids is 1. The van der Waals surface area contributed by atoms with Crippen molar-refractivity contribution in [2.45, 2.75) is 75.8 Å². The molecule has 7 heteroatoms. The Hall–Kier alpha value is -1.60. The minimum absolute atomic E-state index is 0.0147. The summed E-state index contributed by atoms with van der Waals surface area (Å²) in [5.41, 5.74) is 0.450. The van der Waals surface area contributed by atoms with E-state index in [1.54, 1.807) is 6.07 Å². The third-order valence-corrected chi connectivity index (χ3v) is 6.19. The van der Waals surface area contributed by atoms with E-state index in [1.807, 2.05) is 13.8 Å². The summed E-state index contributed by atoms with van der Waals surface area (Å²) in [5, 5.41) is 12.5.